The predicted molar refractivity (Wildman–Crippen MR) is 92.7 cm³/mol. The normalized spacial score (nSPS) is 11.4. The van der Waals surface area contributed by atoms with Gasteiger partial charge in [-0.1, -0.05) is 12.1 Å². The molecule has 5 nitrogen and oxygen atoms in total. The van der Waals surface area contributed by atoms with E-state index in [1.807, 2.05) is 0 Å². The number of aromatic nitrogens is 1. The number of benzene rings is 2. The predicted octanol–water partition coefficient (Wildman–Crippen LogP) is 4.79. The van der Waals surface area contributed by atoms with Crippen molar-refractivity contribution in [1.82, 2.24) is 4.98 Å². The smallest absolute Gasteiger partial charge is 0.416 e. The summed E-state index contributed by atoms with van der Waals surface area (Å²) < 4.78 is 48.9. The third-order valence-corrected chi connectivity index (χ3v) is 3.76. The molecule has 1 heterocycles. The summed E-state index contributed by atoms with van der Waals surface area (Å²) >= 11 is 0. The van der Waals surface area contributed by atoms with Crippen LogP contribution < -0.4 is 5.73 Å². The van der Waals surface area contributed by atoms with Crippen LogP contribution in [0.25, 0.3) is 22.8 Å². The number of rotatable bonds is 4. The number of carbonyl (C=O) groups excluding carboxylic acids is 1. The summed E-state index contributed by atoms with van der Waals surface area (Å²) in [6.07, 6.45) is -4.45. The molecule has 0 saturated heterocycles. The zero-order valence-electron chi connectivity index (χ0n) is 14.2. The average molecular weight is 376 g/mol. The van der Waals surface area contributed by atoms with Gasteiger partial charge in [-0.15, -0.1) is 0 Å². The molecule has 0 fully saturated rings. The summed E-state index contributed by atoms with van der Waals surface area (Å²) in [5.41, 5.74) is 6.14. The fraction of sp³-hybridized carbons (Fsp3) is 0.158. The lowest BCUT2D eigenvalue weighted by Crippen LogP contribution is -2.07. The fourth-order valence-corrected chi connectivity index (χ4v) is 2.47. The Morgan fingerprint density at radius 2 is 1.81 bits per heavy atom. The van der Waals surface area contributed by atoms with E-state index in [-0.39, 0.29) is 29.5 Å². The molecular formula is C19H15F3N2O3. The van der Waals surface area contributed by atoms with E-state index in [9.17, 15) is 18.0 Å². The molecular weight excluding hydrogens is 361 g/mol. The maximum Gasteiger partial charge on any atom is 0.416 e. The van der Waals surface area contributed by atoms with Gasteiger partial charge in [0.25, 0.3) is 0 Å². The lowest BCUT2D eigenvalue weighted by atomic mass is 10.1. The number of hydrogen-bond donors (Lipinski definition) is 1. The largest absolute Gasteiger partial charge is 0.461 e. The van der Waals surface area contributed by atoms with Crippen LogP contribution in [0.2, 0.25) is 0 Å². The molecule has 0 amide bonds. The number of para-hydroxylation sites is 1. The minimum absolute atomic E-state index is 0.00923. The number of nitrogen functional groups attached to an aromatic ring is 1. The SMILES string of the molecule is CCOC(=O)c1nc(-c2ccc(C(F)(F)F)cc2)oc1-c1ccccc1N. The molecule has 0 aliphatic rings. The van der Waals surface area contributed by atoms with Crippen LogP contribution in [0.15, 0.2) is 52.9 Å². The van der Waals surface area contributed by atoms with E-state index in [4.69, 9.17) is 14.9 Å². The van der Waals surface area contributed by atoms with Crippen molar-refractivity contribution in [2.45, 2.75) is 13.1 Å². The first-order valence-corrected chi connectivity index (χ1v) is 8.01. The van der Waals surface area contributed by atoms with Gasteiger partial charge in [-0.2, -0.15) is 13.2 Å². The molecule has 1 aromatic heterocycles. The summed E-state index contributed by atoms with van der Waals surface area (Å²) in [6, 6.07) is 11.0. The molecule has 0 aliphatic carbocycles. The molecule has 0 unspecified atom stereocenters. The highest BCUT2D eigenvalue weighted by atomic mass is 19.4. The lowest BCUT2D eigenvalue weighted by molar-refractivity contribution is -0.137. The summed E-state index contributed by atoms with van der Waals surface area (Å²) in [7, 11) is 0. The topological polar surface area (TPSA) is 78.3 Å². The first-order valence-electron chi connectivity index (χ1n) is 8.01. The minimum Gasteiger partial charge on any atom is -0.461 e. The van der Waals surface area contributed by atoms with E-state index in [2.05, 4.69) is 4.98 Å². The Hall–Kier alpha value is -3.29. The monoisotopic (exact) mass is 376 g/mol. The molecule has 3 aromatic rings. The van der Waals surface area contributed by atoms with Crippen molar-refractivity contribution in [3.63, 3.8) is 0 Å². The maximum absolute atomic E-state index is 12.7. The number of nitrogens with two attached hydrogens (primary N) is 1. The number of anilines is 1. The molecule has 0 bridgehead atoms. The van der Waals surface area contributed by atoms with E-state index in [1.54, 1.807) is 31.2 Å². The van der Waals surface area contributed by atoms with Gasteiger partial charge in [0.15, 0.2) is 11.5 Å². The molecule has 27 heavy (non-hydrogen) atoms. The standard InChI is InChI=1S/C19H15F3N2O3/c1-2-26-18(25)15-16(13-5-3-4-6-14(13)23)27-17(24-15)11-7-9-12(10-8-11)19(20,21)22/h3-10H,2,23H2,1H3. The van der Waals surface area contributed by atoms with E-state index in [0.717, 1.165) is 12.1 Å². The van der Waals surface area contributed by atoms with E-state index in [1.165, 1.54) is 12.1 Å². The Bertz CT molecular complexity index is 963. The number of esters is 1. The number of nitrogens with zero attached hydrogens (tertiary/aromatic N) is 1. The van der Waals surface area contributed by atoms with Crippen LogP contribution in [0, 0.1) is 0 Å². The summed E-state index contributed by atoms with van der Waals surface area (Å²) in [5.74, 6) is -0.621. The summed E-state index contributed by atoms with van der Waals surface area (Å²) in [4.78, 5) is 16.4. The highest BCUT2D eigenvalue weighted by Gasteiger charge is 2.30. The number of hydrogen-bond acceptors (Lipinski definition) is 5. The number of ether oxygens (including phenoxy) is 1. The molecule has 8 heteroatoms. The molecule has 0 aliphatic heterocycles. The summed E-state index contributed by atoms with van der Waals surface area (Å²) in [5, 5.41) is 0. The van der Waals surface area contributed by atoms with Gasteiger partial charge in [0.2, 0.25) is 5.89 Å². The molecule has 0 atom stereocenters. The second-order valence-electron chi connectivity index (χ2n) is 5.58. The second-order valence-corrected chi connectivity index (χ2v) is 5.58. The number of oxazole rings is 1. The Kier molecular flexibility index (Phi) is 4.89. The highest BCUT2D eigenvalue weighted by molar-refractivity contribution is 5.96. The third kappa shape index (κ3) is 3.79. The van der Waals surface area contributed by atoms with Crippen molar-refractivity contribution in [1.29, 1.82) is 0 Å². The van der Waals surface area contributed by atoms with Gasteiger partial charge < -0.3 is 14.9 Å². The lowest BCUT2D eigenvalue weighted by Gasteiger charge is -2.06. The van der Waals surface area contributed by atoms with Crippen LogP contribution in [0.1, 0.15) is 23.0 Å². The Morgan fingerprint density at radius 1 is 1.15 bits per heavy atom. The van der Waals surface area contributed by atoms with Gasteiger partial charge in [0.05, 0.1) is 12.2 Å². The molecule has 3 rings (SSSR count). The van der Waals surface area contributed by atoms with Crippen molar-refractivity contribution >= 4 is 11.7 Å². The maximum atomic E-state index is 12.7. The van der Waals surface area contributed by atoms with Gasteiger partial charge in [-0.3, -0.25) is 0 Å². The zero-order valence-corrected chi connectivity index (χ0v) is 14.2. The van der Waals surface area contributed by atoms with Crippen LogP contribution in [-0.4, -0.2) is 17.6 Å². The summed E-state index contributed by atoms with van der Waals surface area (Å²) in [6.45, 7) is 1.77. The Balaban J connectivity index is 2.09. The van der Waals surface area contributed by atoms with Crippen LogP contribution in [0.3, 0.4) is 0 Å². The van der Waals surface area contributed by atoms with Crippen LogP contribution >= 0.6 is 0 Å². The Labute approximate surface area is 152 Å². The van der Waals surface area contributed by atoms with E-state index < -0.39 is 17.7 Å². The van der Waals surface area contributed by atoms with Crippen molar-refractivity contribution in [2.75, 3.05) is 12.3 Å². The molecule has 0 spiro atoms. The average Bonchev–Trinajstić information content (AvgIpc) is 3.07. The van der Waals surface area contributed by atoms with Crippen LogP contribution in [-0.2, 0) is 10.9 Å². The minimum atomic E-state index is -4.45. The van der Waals surface area contributed by atoms with Crippen molar-refractivity contribution < 1.29 is 27.1 Å². The quantitative estimate of drug-likeness (QED) is 0.523. The molecule has 140 valence electrons. The van der Waals surface area contributed by atoms with Crippen LogP contribution in [0.4, 0.5) is 18.9 Å². The van der Waals surface area contributed by atoms with E-state index in [0.29, 0.717) is 11.3 Å². The zero-order chi connectivity index (χ0) is 19.6. The molecule has 2 aromatic carbocycles. The van der Waals surface area contributed by atoms with Crippen molar-refractivity contribution in [3.8, 4) is 22.8 Å². The molecule has 0 saturated carbocycles. The molecule has 2 N–H and O–H groups in total. The number of halogens is 3. The van der Waals surface area contributed by atoms with Crippen LogP contribution in [0.5, 0.6) is 0 Å². The van der Waals surface area contributed by atoms with Gasteiger partial charge in [0.1, 0.15) is 0 Å². The van der Waals surface area contributed by atoms with Crippen molar-refractivity contribution in [2.24, 2.45) is 0 Å². The second kappa shape index (κ2) is 7.14. The fourth-order valence-electron chi connectivity index (χ4n) is 2.47. The number of alkyl halides is 3. The Morgan fingerprint density at radius 3 is 2.41 bits per heavy atom. The third-order valence-electron chi connectivity index (χ3n) is 3.76. The first-order chi connectivity index (χ1) is 12.8. The highest BCUT2D eigenvalue weighted by Crippen LogP contribution is 2.35. The van der Waals surface area contributed by atoms with Gasteiger partial charge >= 0.3 is 12.1 Å². The van der Waals surface area contributed by atoms with Gasteiger partial charge in [-0.25, -0.2) is 9.78 Å². The van der Waals surface area contributed by atoms with Crippen molar-refractivity contribution in [3.05, 3.63) is 59.8 Å². The van der Waals surface area contributed by atoms with Gasteiger partial charge in [0, 0.05) is 16.8 Å². The van der Waals surface area contributed by atoms with Gasteiger partial charge in [-0.05, 0) is 43.3 Å². The number of carbonyl (C=O) groups is 1. The first kappa shape index (κ1) is 18.5. The molecule has 0 radical (unpaired) electrons. The van der Waals surface area contributed by atoms with E-state index >= 15 is 0 Å².